The Balaban J connectivity index is 2.23. The summed E-state index contributed by atoms with van der Waals surface area (Å²) in [7, 11) is -2.09. The second kappa shape index (κ2) is 9.65. The number of amides is 3. The maximum atomic E-state index is 13.4. The third kappa shape index (κ3) is 5.26. The van der Waals surface area contributed by atoms with Crippen molar-refractivity contribution >= 4 is 37.6 Å². The minimum absolute atomic E-state index is 0.00816. The molecule has 3 amide bonds. The van der Waals surface area contributed by atoms with Crippen LogP contribution in [0.25, 0.3) is 0 Å². The summed E-state index contributed by atoms with van der Waals surface area (Å²) in [5.74, 6) is -1.91. The molecule has 0 saturated carbocycles. The molecule has 32 heavy (non-hydrogen) atoms. The van der Waals surface area contributed by atoms with Crippen LogP contribution >= 0.6 is 11.6 Å². The standard InChI is InChI=1S/C24H37ClN2O4Si/c1-14(2)27(23(30)17-12-10-11-13-18(17)25)22(29)15(3)20-19(21(28)26-20)16(4)31-32(8,9)24(5,6)7/h10-16,19-20H,1-9H3,(H,26,28)/t15-,16-,19-,20-/m1/s1. The molecule has 0 radical (unpaired) electrons. The first kappa shape index (κ1) is 26.5. The molecule has 0 aromatic heterocycles. The number of nitrogens with one attached hydrogen (secondary N) is 1. The molecule has 1 aliphatic heterocycles. The number of nitrogens with zero attached hydrogens (tertiary/aromatic N) is 1. The van der Waals surface area contributed by atoms with Gasteiger partial charge in [0.25, 0.3) is 5.91 Å². The molecule has 1 N–H and O–H groups in total. The molecular weight excluding hydrogens is 444 g/mol. The van der Waals surface area contributed by atoms with Crippen molar-refractivity contribution in [2.45, 2.75) is 84.8 Å². The maximum Gasteiger partial charge on any atom is 0.262 e. The average Bonchev–Trinajstić information content (AvgIpc) is 2.63. The van der Waals surface area contributed by atoms with Crippen LogP contribution in [0.1, 0.15) is 58.8 Å². The molecular formula is C24H37ClN2O4Si. The summed E-state index contributed by atoms with van der Waals surface area (Å²) >= 11 is 6.21. The van der Waals surface area contributed by atoms with Crippen LogP contribution in [-0.4, -0.2) is 49.1 Å². The van der Waals surface area contributed by atoms with Gasteiger partial charge in [-0.05, 0) is 51.0 Å². The molecule has 6 nitrogen and oxygen atoms in total. The van der Waals surface area contributed by atoms with Gasteiger partial charge in [0.2, 0.25) is 11.8 Å². The largest absolute Gasteiger partial charge is 0.413 e. The number of carbonyl (C=O) groups is 3. The number of hydrogen-bond donors (Lipinski definition) is 1. The van der Waals surface area contributed by atoms with Gasteiger partial charge < -0.3 is 9.74 Å². The van der Waals surface area contributed by atoms with E-state index in [0.29, 0.717) is 5.02 Å². The van der Waals surface area contributed by atoms with Crippen LogP contribution in [0.5, 0.6) is 0 Å². The monoisotopic (exact) mass is 480 g/mol. The molecule has 8 heteroatoms. The topological polar surface area (TPSA) is 75.7 Å². The fourth-order valence-corrected chi connectivity index (χ4v) is 5.45. The van der Waals surface area contributed by atoms with Crippen molar-refractivity contribution in [3.63, 3.8) is 0 Å². The number of hydrogen-bond acceptors (Lipinski definition) is 4. The van der Waals surface area contributed by atoms with Gasteiger partial charge in [-0.15, -0.1) is 0 Å². The third-order valence-corrected chi connectivity index (χ3v) is 11.7. The van der Waals surface area contributed by atoms with Gasteiger partial charge in [0.05, 0.1) is 34.6 Å². The molecule has 0 aliphatic carbocycles. The van der Waals surface area contributed by atoms with Gasteiger partial charge in [0.1, 0.15) is 0 Å². The van der Waals surface area contributed by atoms with Crippen molar-refractivity contribution < 1.29 is 18.8 Å². The number of halogens is 1. The predicted octanol–water partition coefficient (Wildman–Crippen LogP) is 4.88. The van der Waals surface area contributed by atoms with Crippen LogP contribution in [0.3, 0.4) is 0 Å². The normalized spacial score (nSPS) is 20.9. The lowest BCUT2D eigenvalue weighted by Crippen LogP contribution is -2.68. The summed E-state index contributed by atoms with van der Waals surface area (Å²) < 4.78 is 6.45. The Bertz CT molecular complexity index is 881. The highest BCUT2D eigenvalue weighted by molar-refractivity contribution is 6.74. The number of imide groups is 1. The van der Waals surface area contributed by atoms with Gasteiger partial charge in [-0.25, -0.2) is 0 Å². The van der Waals surface area contributed by atoms with E-state index in [9.17, 15) is 14.4 Å². The van der Waals surface area contributed by atoms with Crippen molar-refractivity contribution in [2.24, 2.45) is 11.8 Å². The molecule has 2 rings (SSSR count). The molecule has 0 unspecified atom stereocenters. The fourth-order valence-electron chi connectivity index (χ4n) is 3.80. The lowest BCUT2D eigenvalue weighted by atomic mass is 9.78. The Kier molecular flexibility index (Phi) is 8.01. The Morgan fingerprint density at radius 1 is 1.12 bits per heavy atom. The molecule has 1 heterocycles. The fraction of sp³-hybridized carbons (Fsp3) is 0.625. The zero-order valence-corrected chi connectivity index (χ0v) is 22.4. The predicted molar refractivity (Wildman–Crippen MR) is 130 cm³/mol. The molecule has 1 aliphatic rings. The molecule has 1 saturated heterocycles. The third-order valence-electron chi connectivity index (χ3n) is 6.80. The van der Waals surface area contributed by atoms with Crippen molar-refractivity contribution in [1.82, 2.24) is 10.2 Å². The highest BCUT2D eigenvalue weighted by atomic mass is 35.5. The van der Waals surface area contributed by atoms with Gasteiger partial charge in [0, 0.05) is 6.04 Å². The second-order valence-electron chi connectivity index (χ2n) is 10.5. The molecule has 1 aromatic carbocycles. The molecule has 1 fully saturated rings. The van der Waals surface area contributed by atoms with Gasteiger partial charge in [-0.1, -0.05) is 51.4 Å². The summed E-state index contributed by atoms with van der Waals surface area (Å²) in [6.07, 6.45) is -0.323. The minimum atomic E-state index is -2.09. The quantitative estimate of drug-likeness (QED) is 0.445. The Hall–Kier alpha value is -1.70. The highest BCUT2D eigenvalue weighted by Crippen LogP contribution is 2.39. The van der Waals surface area contributed by atoms with Gasteiger partial charge in [-0.2, -0.15) is 0 Å². The summed E-state index contributed by atoms with van der Waals surface area (Å²) in [6.45, 7) is 18.0. The van der Waals surface area contributed by atoms with E-state index in [-0.39, 0.29) is 34.6 Å². The van der Waals surface area contributed by atoms with Gasteiger partial charge in [0.15, 0.2) is 8.32 Å². The molecule has 1 aromatic rings. The lowest BCUT2D eigenvalue weighted by molar-refractivity contribution is -0.147. The molecule has 4 atom stereocenters. The van der Waals surface area contributed by atoms with Gasteiger partial charge in [-0.3, -0.25) is 19.3 Å². The van der Waals surface area contributed by atoms with E-state index in [1.165, 1.54) is 4.90 Å². The summed E-state index contributed by atoms with van der Waals surface area (Å²) in [5.41, 5.74) is 0.284. The first-order valence-electron chi connectivity index (χ1n) is 11.2. The first-order valence-corrected chi connectivity index (χ1v) is 14.5. The van der Waals surface area contributed by atoms with Crippen LogP contribution in [-0.2, 0) is 14.0 Å². The zero-order valence-electron chi connectivity index (χ0n) is 20.7. The number of β-lactam (4-membered cyclic amide) rings is 1. The van der Waals surface area contributed by atoms with Crippen LogP contribution in [0.2, 0.25) is 23.2 Å². The van der Waals surface area contributed by atoms with Crippen LogP contribution in [0, 0.1) is 11.8 Å². The van der Waals surface area contributed by atoms with Crippen molar-refractivity contribution in [1.29, 1.82) is 0 Å². The first-order chi connectivity index (χ1) is 14.6. The smallest absolute Gasteiger partial charge is 0.262 e. The summed E-state index contributed by atoms with van der Waals surface area (Å²) in [5, 5.41) is 3.18. The van der Waals surface area contributed by atoms with E-state index in [4.69, 9.17) is 16.0 Å². The molecule has 0 spiro atoms. The van der Waals surface area contributed by atoms with E-state index in [2.05, 4.69) is 39.2 Å². The van der Waals surface area contributed by atoms with Crippen LogP contribution in [0.15, 0.2) is 24.3 Å². The average molecular weight is 481 g/mol. The van der Waals surface area contributed by atoms with E-state index in [0.717, 1.165) is 0 Å². The number of carbonyl (C=O) groups excluding carboxylic acids is 3. The van der Waals surface area contributed by atoms with E-state index < -0.39 is 32.1 Å². The van der Waals surface area contributed by atoms with Gasteiger partial charge >= 0.3 is 0 Å². The zero-order chi connectivity index (χ0) is 24.6. The summed E-state index contributed by atoms with van der Waals surface area (Å²) in [4.78, 5) is 40.3. The number of benzene rings is 1. The maximum absolute atomic E-state index is 13.4. The Morgan fingerprint density at radius 3 is 2.16 bits per heavy atom. The Labute approximate surface area is 198 Å². The lowest BCUT2D eigenvalue weighted by Gasteiger charge is -2.47. The Morgan fingerprint density at radius 2 is 1.69 bits per heavy atom. The van der Waals surface area contributed by atoms with Crippen molar-refractivity contribution in [3.8, 4) is 0 Å². The van der Waals surface area contributed by atoms with Crippen LogP contribution in [0.4, 0.5) is 0 Å². The minimum Gasteiger partial charge on any atom is -0.413 e. The SMILES string of the molecule is CC(C)N(C(=O)c1ccccc1Cl)C(=O)[C@H](C)[C@H]1NC(=O)[C@@H]1[C@@H](C)O[Si](C)(C)C(C)(C)C. The molecule has 178 valence electrons. The van der Waals surface area contributed by atoms with Crippen molar-refractivity contribution in [3.05, 3.63) is 34.9 Å². The number of rotatable bonds is 7. The second-order valence-corrected chi connectivity index (χ2v) is 15.7. The molecule has 0 bridgehead atoms. The van der Waals surface area contributed by atoms with Crippen molar-refractivity contribution in [2.75, 3.05) is 0 Å². The van der Waals surface area contributed by atoms with E-state index in [1.807, 2.05) is 6.92 Å². The summed E-state index contributed by atoms with van der Waals surface area (Å²) in [6, 6.07) is 5.94. The van der Waals surface area contributed by atoms with Crippen LogP contribution < -0.4 is 5.32 Å². The van der Waals surface area contributed by atoms with E-state index in [1.54, 1.807) is 45.0 Å². The van der Waals surface area contributed by atoms with E-state index >= 15 is 0 Å². The highest BCUT2D eigenvalue weighted by Gasteiger charge is 2.51.